The van der Waals surface area contributed by atoms with Gasteiger partial charge in [0.15, 0.2) is 5.82 Å². The maximum atomic E-state index is 12.4. The van der Waals surface area contributed by atoms with Gasteiger partial charge in [-0.2, -0.15) is 0 Å². The zero-order valence-corrected chi connectivity index (χ0v) is 11.4. The Bertz CT molecular complexity index is 730. The number of nitrogens with zero attached hydrogens (tertiary/aromatic N) is 6. The molecule has 0 aromatic carbocycles. The van der Waals surface area contributed by atoms with Crippen molar-refractivity contribution in [3.05, 3.63) is 45.2 Å². The summed E-state index contributed by atoms with van der Waals surface area (Å²) in [5.74, 6) is 0.245. The van der Waals surface area contributed by atoms with Crippen molar-refractivity contribution in [1.82, 2.24) is 24.6 Å². The summed E-state index contributed by atoms with van der Waals surface area (Å²) in [5, 5.41) is 18.4. The van der Waals surface area contributed by atoms with Crippen molar-refractivity contribution in [2.75, 3.05) is 6.54 Å². The SMILES string of the molecule is O=C(c1cc([N+](=O)[O-])cnc1Cl)N1CCn2cnnc2C1. The quantitative estimate of drug-likeness (QED) is 0.463. The smallest absolute Gasteiger partial charge is 0.288 e. The Hall–Kier alpha value is -2.55. The van der Waals surface area contributed by atoms with Crippen LogP contribution in [0, 0.1) is 10.1 Å². The summed E-state index contributed by atoms with van der Waals surface area (Å²) in [6.07, 6.45) is 2.62. The first kappa shape index (κ1) is 13.4. The first-order chi connectivity index (χ1) is 10.1. The van der Waals surface area contributed by atoms with Crippen LogP contribution in [0.2, 0.25) is 5.15 Å². The molecule has 0 aliphatic carbocycles. The van der Waals surface area contributed by atoms with E-state index >= 15 is 0 Å². The minimum Gasteiger partial charge on any atom is -0.329 e. The molecule has 108 valence electrons. The van der Waals surface area contributed by atoms with E-state index in [0.29, 0.717) is 18.9 Å². The van der Waals surface area contributed by atoms with Crippen molar-refractivity contribution in [2.45, 2.75) is 13.1 Å². The molecule has 1 amide bonds. The maximum absolute atomic E-state index is 12.4. The van der Waals surface area contributed by atoms with E-state index < -0.39 is 10.8 Å². The van der Waals surface area contributed by atoms with Crippen LogP contribution >= 0.6 is 11.6 Å². The molecule has 1 aliphatic rings. The molecule has 0 atom stereocenters. The summed E-state index contributed by atoms with van der Waals surface area (Å²) in [7, 11) is 0. The second-order valence-corrected chi connectivity index (χ2v) is 4.81. The highest BCUT2D eigenvalue weighted by Crippen LogP contribution is 2.22. The predicted molar refractivity (Wildman–Crippen MR) is 70.7 cm³/mol. The Kier molecular flexibility index (Phi) is 3.26. The van der Waals surface area contributed by atoms with E-state index in [4.69, 9.17) is 11.6 Å². The molecule has 21 heavy (non-hydrogen) atoms. The number of hydrogen-bond donors (Lipinski definition) is 0. The minimum absolute atomic E-state index is 0.0128. The Morgan fingerprint density at radius 1 is 1.43 bits per heavy atom. The molecule has 2 aromatic rings. The van der Waals surface area contributed by atoms with Crippen molar-refractivity contribution in [2.24, 2.45) is 0 Å². The summed E-state index contributed by atoms with van der Waals surface area (Å²) >= 11 is 5.88. The Balaban J connectivity index is 1.89. The van der Waals surface area contributed by atoms with Crippen LogP contribution in [-0.2, 0) is 13.1 Å². The topological polar surface area (TPSA) is 107 Å². The average Bonchev–Trinajstić information content (AvgIpc) is 2.94. The van der Waals surface area contributed by atoms with E-state index in [1.807, 2.05) is 4.57 Å². The third kappa shape index (κ3) is 2.42. The van der Waals surface area contributed by atoms with Gasteiger partial charge < -0.3 is 9.47 Å². The Morgan fingerprint density at radius 2 is 2.24 bits per heavy atom. The molecule has 9 nitrogen and oxygen atoms in total. The number of aromatic nitrogens is 4. The van der Waals surface area contributed by atoms with Gasteiger partial charge in [0.25, 0.3) is 11.6 Å². The highest BCUT2D eigenvalue weighted by molar-refractivity contribution is 6.32. The monoisotopic (exact) mass is 308 g/mol. The average molecular weight is 309 g/mol. The molecule has 3 heterocycles. The highest BCUT2D eigenvalue weighted by Gasteiger charge is 2.26. The summed E-state index contributed by atoms with van der Waals surface area (Å²) in [4.78, 5) is 27.8. The maximum Gasteiger partial charge on any atom is 0.288 e. The molecule has 0 spiro atoms. The summed E-state index contributed by atoms with van der Waals surface area (Å²) in [6, 6.07) is 1.14. The fourth-order valence-electron chi connectivity index (χ4n) is 2.10. The van der Waals surface area contributed by atoms with E-state index in [1.165, 1.54) is 4.90 Å². The van der Waals surface area contributed by atoms with Gasteiger partial charge >= 0.3 is 0 Å². The van der Waals surface area contributed by atoms with Gasteiger partial charge in [-0.1, -0.05) is 11.6 Å². The van der Waals surface area contributed by atoms with Crippen LogP contribution in [0.3, 0.4) is 0 Å². The zero-order chi connectivity index (χ0) is 15.0. The summed E-state index contributed by atoms with van der Waals surface area (Å²) < 4.78 is 1.84. The van der Waals surface area contributed by atoms with Gasteiger partial charge in [-0.15, -0.1) is 10.2 Å². The van der Waals surface area contributed by atoms with Crippen LogP contribution in [0.4, 0.5) is 5.69 Å². The van der Waals surface area contributed by atoms with E-state index in [-0.39, 0.29) is 22.9 Å². The van der Waals surface area contributed by atoms with Crippen molar-refractivity contribution in [1.29, 1.82) is 0 Å². The third-order valence-electron chi connectivity index (χ3n) is 3.19. The molecule has 0 radical (unpaired) electrons. The third-order valence-corrected chi connectivity index (χ3v) is 3.49. The van der Waals surface area contributed by atoms with E-state index in [1.54, 1.807) is 6.33 Å². The normalized spacial score (nSPS) is 13.9. The number of halogens is 1. The number of pyridine rings is 1. The van der Waals surface area contributed by atoms with Crippen LogP contribution in [0.1, 0.15) is 16.2 Å². The molecule has 0 bridgehead atoms. The predicted octanol–water partition coefficient (Wildman–Crippen LogP) is 0.891. The van der Waals surface area contributed by atoms with Gasteiger partial charge in [0.05, 0.1) is 17.0 Å². The molecule has 0 N–H and O–H groups in total. The van der Waals surface area contributed by atoms with E-state index in [2.05, 4.69) is 15.2 Å². The van der Waals surface area contributed by atoms with Crippen molar-refractivity contribution in [3.8, 4) is 0 Å². The number of amides is 1. The molecule has 10 heteroatoms. The molecule has 0 fully saturated rings. The van der Waals surface area contributed by atoms with E-state index in [0.717, 1.165) is 12.3 Å². The lowest BCUT2D eigenvalue weighted by Crippen LogP contribution is -2.38. The van der Waals surface area contributed by atoms with Crippen molar-refractivity contribution < 1.29 is 9.72 Å². The largest absolute Gasteiger partial charge is 0.329 e. The highest BCUT2D eigenvalue weighted by atomic mass is 35.5. The number of hydrogen-bond acceptors (Lipinski definition) is 6. The standard InChI is InChI=1S/C11H9ClN6O3/c12-10-8(3-7(4-13-10)18(20)21)11(19)16-1-2-17-6-14-15-9(17)5-16/h3-4,6H,1-2,5H2. The van der Waals surface area contributed by atoms with Crippen LogP contribution in [0.5, 0.6) is 0 Å². The summed E-state index contributed by atoms with van der Waals surface area (Å²) in [5.41, 5.74) is -0.262. The number of carbonyl (C=O) groups excluding carboxylic acids is 1. The van der Waals surface area contributed by atoms with Crippen LogP contribution in [-0.4, -0.2) is 42.0 Å². The fourth-order valence-corrected chi connectivity index (χ4v) is 2.28. The summed E-state index contributed by atoms with van der Waals surface area (Å²) in [6.45, 7) is 1.29. The molecule has 1 aliphatic heterocycles. The van der Waals surface area contributed by atoms with Crippen LogP contribution in [0.15, 0.2) is 18.6 Å². The zero-order valence-electron chi connectivity index (χ0n) is 10.6. The molecule has 0 unspecified atom stereocenters. The van der Waals surface area contributed by atoms with Crippen LogP contribution in [0.25, 0.3) is 0 Å². The van der Waals surface area contributed by atoms with Gasteiger partial charge in [0.1, 0.15) is 17.7 Å². The van der Waals surface area contributed by atoms with Gasteiger partial charge in [-0.05, 0) is 0 Å². The lowest BCUT2D eigenvalue weighted by molar-refractivity contribution is -0.385. The second-order valence-electron chi connectivity index (χ2n) is 4.46. The van der Waals surface area contributed by atoms with Gasteiger partial charge in [0.2, 0.25) is 0 Å². The fraction of sp³-hybridized carbons (Fsp3) is 0.273. The van der Waals surface area contributed by atoms with E-state index in [9.17, 15) is 14.9 Å². The Morgan fingerprint density at radius 3 is 3.00 bits per heavy atom. The number of fused-ring (bicyclic) bond motifs is 1. The second kappa shape index (κ2) is 5.09. The first-order valence-electron chi connectivity index (χ1n) is 6.02. The van der Waals surface area contributed by atoms with Gasteiger partial charge in [0, 0.05) is 19.2 Å². The Labute approximate surface area is 123 Å². The van der Waals surface area contributed by atoms with Crippen molar-refractivity contribution >= 4 is 23.2 Å². The molecule has 0 saturated heterocycles. The molecule has 2 aromatic heterocycles. The number of carbonyl (C=O) groups is 1. The number of nitro groups is 1. The lowest BCUT2D eigenvalue weighted by atomic mass is 10.2. The lowest BCUT2D eigenvalue weighted by Gasteiger charge is -2.27. The van der Waals surface area contributed by atoms with Gasteiger partial charge in [-0.3, -0.25) is 14.9 Å². The minimum atomic E-state index is -0.618. The molecule has 3 rings (SSSR count). The van der Waals surface area contributed by atoms with Gasteiger partial charge in [-0.25, -0.2) is 4.98 Å². The first-order valence-corrected chi connectivity index (χ1v) is 6.40. The number of rotatable bonds is 2. The van der Waals surface area contributed by atoms with Crippen molar-refractivity contribution in [3.63, 3.8) is 0 Å². The molecular weight excluding hydrogens is 300 g/mol. The van der Waals surface area contributed by atoms with Crippen LogP contribution < -0.4 is 0 Å². The molecule has 0 saturated carbocycles. The molecular formula is C11H9ClN6O3.